The van der Waals surface area contributed by atoms with E-state index in [0.717, 1.165) is 24.9 Å². The minimum absolute atomic E-state index is 0.269. The number of fused-ring (bicyclic) bond motifs is 1. The molecule has 0 amide bonds. The van der Waals surface area contributed by atoms with E-state index in [1.165, 1.54) is 18.4 Å². The summed E-state index contributed by atoms with van der Waals surface area (Å²) in [5.74, 6) is 0. The quantitative estimate of drug-likeness (QED) is 0.873. The first-order valence-electron chi connectivity index (χ1n) is 7.70. The van der Waals surface area contributed by atoms with E-state index in [2.05, 4.69) is 16.1 Å². The molecular weight excluding hydrogens is 286 g/mol. The zero-order valence-electron chi connectivity index (χ0n) is 12.2. The summed E-state index contributed by atoms with van der Waals surface area (Å²) in [5.41, 5.74) is 2.38. The van der Waals surface area contributed by atoms with Crippen molar-refractivity contribution in [3.63, 3.8) is 0 Å². The second-order valence-electron chi connectivity index (χ2n) is 5.85. The number of hydrogen-bond donors (Lipinski definition) is 2. The van der Waals surface area contributed by atoms with Gasteiger partial charge in [0.2, 0.25) is 0 Å². The summed E-state index contributed by atoms with van der Waals surface area (Å²) < 4.78 is 29.2. The maximum atomic E-state index is 12.4. The van der Waals surface area contributed by atoms with Gasteiger partial charge in [0.25, 0.3) is 10.2 Å². The highest BCUT2D eigenvalue weighted by Crippen LogP contribution is 2.20. The van der Waals surface area contributed by atoms with Gasteiger partial charge in [0.15, 0.2) is 0 Å². The Morgan fingerprint density at radius 2 is 2.05 bits per heavy atom. The van der Waals surface area contributed by atoms with Crippen molar-refractivity contribution >= 4 is 10.2 Å². The smallest absolute Gasteiger partial charge is 0.279 e. The van der Waals surface area contributed by atoms with Crippen LogP contribution in [0, 0.1) is 0 Å². The van der Waals surface area contributed by atoms with E-state index >= 15 is 0 Å². The van der Waals surface area contributed by atoms with Crippen LogP contribution in [-0.2, 0) is 23.2 Å². The fourth-order valence-electron chi connectivity index (χ4n) is 3.07. The molecular formula is C15H23N3O2S. The zero-order chi connectivity index (χ0) is 14.7. The number of piperidine rings is 1. The van der Waals surface area contributed by atoms with Crippen molar-refractivity contribution in [2.24, 2.45) is 0 Å². The Kier molecular flexibility index (Phi) is 4.59. The monoisotopic (exact) mass is 309 g/mol. The Hall–Kier alpha value is -0.950. The molecule has 6 heteroatoms. The predicted molar refractivity (Wildman–Crippen MR) is 83.1 cm³/mol. The molecule has 116 valence electrons. The average molecular weight is 309 g/mol. The van der Waals surface area contributed by atoms with Gasteiger partial charge in [0.1, 0.15) is 0 Å². The van der Waals surface area contributed by atoms with Crippen LogP contribution in [0.4, 0.5) is 0 Å². The maximum Gasteiger partial charge on any atom is 0.279 e. The van der Waals surface area contributed by atoms with Crippen LogP contribution in [0.15, 0.2) is 24.3 Å². The molecule has 2 aliphatic heterocycles. The van der Waals surface area contributed by atoms with Crippen molar-refractivity contribution in [3.05, 3.63) is 35.4 Å². The Labute approximate surface area is 126 Å². The van der Waals surface area contributed by atoms with Crippen LogP contribution < -0.4 is 10.0 Å². The second kappa shape index (κ2) is 6.44. The molecule has 0 spiro atoms. The summed E-state index contributed by atoms with van der Waals surface area (Å²) >= 11 is 0. The van der Waals surface area contributed by atoms with E-state index in [9.17, 15) is 8.42 Å². The van der Waals surface area contributed by atoms with Gasteiger partial charge < -0.3 is 5.32 Å². The lowest BCUT2D eigenvalue weighted by molar-refractivity contribution is 0.368. The third-order valence-corrected chi connectivity index (χ3v) is 5.88. The molecule has 1 aromatic rings. The Morgan fingerprint density at radius 3 is 2.81 bits per heavy atom. The van der Waals surface area contributed by atoms with Gasteiger partial charge in [-0.25, -0.2) is 4.72 Å². The molecule has 2 N–H and O–H groups in total. The Balaban J connectivity index is 1.60. The largest absolute Gasteiger partial charge is 0.313 e. The summed E-state index contributed by atoms with van der Waals surface area (Å²) in [6, 6.07) is 8.34. The van der Waals surface area contributed by atoms with Crippen LogP contribution in [0.3, 0.4) is 0 Å². The molecule has 1 saturated heterocycles. The van der Waals surface area contributed by atoms with E-state index in [1.54, 1.807) is 4.31 Å². The van der Waals surface area contributed by atoms with E-state index in [4.69, 9.17) is 0 Å². The van der Waals surface area contributed by atoms with Gasteiger partial charge >= 0.3 is 0 Å². The highest BCUT2D eigenvalue weighted by atomic mass is 32.2. The highest BCUT2D eigenvalue weighted by Gasteiger charge is 2.27. The van der Waals surface area contributed by atoms with Crippen molar-refractivity contribution < 1.29 is 8.42 Å². The van der Waals surface area contributed by atoms with Gasteiger partial charge in [0, 0.05) is 25.7 Å². The summed E-state index contributed by atoms with van der Waals surface area (Å²) in [4.78, 5) is 0. The molecule has 3 rings (SSSR count). The third-order valence-electron chi connectivity index (χ3n) is 4.36. The van der Waals surface area contributed by atoms with E-state index < -0.39 is 10.2 Å². The molecule has 1 atom stereocenters. The number of hydrogen-bond acceptors (Lipinski definition) is 3. The molecule has 1 aromatic carbocycles. The van der Waals surface area contributed by atoms with Crippen molar-refractivity contribution in [3.8, 4) is 0 Å². The summed E-state index contributed by atoms with van der Waals surface area (Å²) in [6.45, 7) is 2.51. The van der Waals surface area contributed by atoms with Crippen molar-refractivity contribution in [1.29, 1.82) is 0 Å². The lowest BCUT2D eigenvalue weighted by Gasteiger charge is -2.29. The van der Waals surface area contributed by atoms with Crippen LogP contribution in [-0.4, -0.2) is 38.4 Å². The molecule has 0 aliphatic carbocycles. The molecule has 0 aromatic heterocycles. The molecule has 0 saturated carbocycles. The summed E-state index contributed by atoms with van der Waals surface area (Å²) in [6.07, 6.45) is 4.20. The number of benzene rings is 1. The summed E-state index contributed by atoms with van der Waals surface area (Å²) in [7, 11) is -3.38. The molecule has 0 radical (unpaired) electrons. The lowest BCUT2D eigenvalue weighted by Crippen LogP contribution is -2.49. The van der Waals surface area contributed by atoms with Gasteiger partial charge in [-0.15, -0.1) is 0 Å². The first-order chi connectivity index (χ1) is 10.1. The lowest BCUT2D eigenvalue weighted by atomic mass is 10.0. The minimum Gasteiger partial charge on any atom is -0.313 e. The average Bonchev–Trinajstić information content (AvgIpc) is 2.53. The van der Waals surface area contributed by atoms with Crippen molar-refractivity contribution in [2.75, 3.05) is 19.6 Å². The highest BCUT2D eigenvalue weighted by molar-refractivity contribution is 7.87. The standard InChI is InChI=1S/C15H23N3O2S/c19-21(20,17-11-15-7-3-4-9-16-15)18-10-8-13-5-1-2-6-14(13)12-18/h1-2,5-6,15-17H,3-4,7-12H2. The molecule has 21 heavy (non-hydrogen) atoms. The topological polar surface area (TPSA) is 61.4 Å². The van der Waals surface area contributed by atoms with E-state index in [0.29, 0.717) is 19.6 Å². The van der Waals surface area contributed by atoms with E-state index in [1.807, 2.05) is 18.2 Å². The van der Waals surface area contributed by atoms with Gasteiger partial charge in [-0.2, -0.15) is 12.7 Å². The van der Waals surface area contributed by atoms with E-state index in [-0.39, 0.29) is 6.04 Å². The van der Waals surface area contributed by atoms with Crippen LogP contribution in [0.1, 0.15) is 30.4 Å². The van der Waals surface area contributed by atoms with Crippen LogP contribution in [0.2, 0.25) is 0 Å². The SMILES string of the molecule is O=S(=O)(NCC1CCCCN1)N1CCc2ccccc2C1. The zero-order valence-corrected chi connectivity index (χ0v) is 13.0. The van der Waals surface area contributed by atoms with Crippen molar-refractivity contribution in [1.82, 2.24) is 14.3 Å². The fourth-order valence-corrected chi connectivity index (χ4v) is 4.31. The second-order valence-corrected chi connectivity index (χ2v) is 7.61. The summed E-state index contributed by atoms with van der Waals surface area (Å²) in [5, 5.41) is 3.36. The van der Waals surface area contributed by atoms with Crippen LogP contribution >= 0.6 is 0 Å². The fraction of sp³-hybridized carbons (Fsp3) is 0.600. The minimum atomic E-state index is -3.38. The third kappa shape index (κ3) is 3.63. The number of rotatable bonds is 4. The molecule has 0 bridgehead atoms. The molecule has 1 unspecified atom stereocenters. The van der Waals surface area contributed by atoms with Gasteiger partial charge in [0.05, 0.1) is 0 Å². The molecule has 1 fully saturated rings. The van der Waals surface area contributed by atoms with Gasteiger partial charge in [-0.3, -0.25) is 0 Å². The van der Waals surface area contributed by atoms with Crippen molar-refractivity contribution in [2.45, 2.75) is 38.3 Å². The van der Waals surface area contributed by atoms with Crippen LogP contribution in [0.25, 0.3) is 0 Å². The number of nitrogens with one attached hydrogen (secondary N) is 2. The van der Waals surface area contributed by atoms with Gasteiger partial charge in [-0.05, 0) is 36.9 Å². The normalized spacial score (nSPS) is 23.7. The Bertz CT molecular complexity index is 582. The first-order valence-corrected chi connectivity index (χ1v) is 9.14. The first kappa shape index (κ1) is 15.0. The maximum absolute atomic E-state index is 12.4. The number of nitrogens with zero attached hydrogens (tertiary/aromatic N) is 1. The predicted octanol–water partition coefficient (Wildman–Crippen LogP) is 1.02. The molecule has 2 heterocycles. The molecule has 2 aliphatic rings. The Morgan fingerprint density at radius 1 is 1.24 bits per heavy atom. The molecule has 5 nitrogen and oxygen atoms in total. The van der Waals surface area contributed by atoms with Gasteiger partial charge in [-0.1, -0.05) is 30.7 Å². The van der Waals surface area contributed by atoms with Crippen LogP contribution in [0.5, 0.6) is 0 Å².